The highest BCUT2D eigenvalue weighted by molar-refractivity contribution is 5.88. The molecule has 0 bridgehead atoms. The molecule has 0 amide bonds. The Hall–Kier alpha value is -1.38. The minimum Gasteiger partial charge on any atom is -0.465 e. The van der Waals surface area contributed by atoms with E-state index in [-0.39, 0.29) is 5.97 Å². The summed E-state index contributed by atoms with van der Waals surface area (Å²) in [6.07, 6.45) is 6.14. The molecule has 0 aliphatic rings. The number of aromatic nitrogens is 1. The molecule has 0 aromatic carbocycles. The number of nitrogens with zero attached hydrogens (tertiary/aromatic N) is 1. The van der Waals surface area contributed by atoms with E-state index in [9.17, 15) is 4.79 Å². The van der Waals surface area contributed by atoms with Crippen molar-refractivity contribution in [2.75, 3.05) is 7.11 Å². The molecule has 3 nitrogen and oxygen atoms in total. The molecule has 0 spiro atoms. The molecule has 1 aromatic rings. The zero-order valence-electron chi connectivity index (χ0n) is 9.32. The smallest absolute Gasteiger partial charge is 0.339 e. The first-order valence-corrected chi connectivity index (χ1v) is 5.31. The van der Waals surface area contributed by atoms with Crippen molar-refractivity contribution in [2.45, 2.75) is 32.6 Å². The fourth-order valence-corrected chi connectivity index (χ4v) is 1.37. The average molecular weight is 207 g/mol. The Labute approximate surface area is 90.5 Å². The number of ether oxygens (including phenoxy) is 1. The van der Waals surface area contributed by atoms with E-state index in [0.717, 1.165) is 18.5 Å². The molecule has 15 heavy (non-hydrogen) atoms. The Kier molecular flexibility index (Phi) is 4.81. The van der Waals surface area contributed by atoms with Crippen molar-refractivity contribution in [1.29, 1.82) is 0 Å². The Morgan fingerprint density at radius 3 is 2.73 bits per heavy atom. The molecule has 0 saturated heterocycles. The van der Waals surface area contributed by atoms with Crippen LogP contribution in [-0.4, -0.2) is 18.1 Å². The Morgan fingerprint density at radius 1 is 1.40 bits per heavy atom. The van der Waals surface area contributed by atoms with Gasteiger partial charge in [-0.15, -0.1) is 0 Å². The third-order valence-corrected chi connectivity index (χ3v) is 2.28. The minimum absolute atomic E-state index is 0.331. The van der Waals surface area contributed by atoms with Crippen molar-refractivity contribution >= 4 is 5.97 Å². The van der Waals surface area contributed by atoms with Gasteiger partial charge in [0, 0.05) is 11.9 Å². The molecule has 3 heteroatoms. The predicted octanol–water partition coefficient (Wildman–Crippen LogP) is 2.60. The molecule has 1 rings (SSSR count). The van der Waals surface area contributed by atoms with Crippen LogP contribution in [0.4, 0.5) is 0 Å². The number of rotatable bonds is 5. The molecule has 0 fully saturated rings. The van der Waals surface area contributed by atoms with Crippen molar-refractivity contribution in [2.24, 2.45) is 0 Å². The number of hydrogen-bond donors (Lipinski definition) is 0. The van der Waals surface area contributed by atoms with Gasteiger partial charge in [0.2, 0.25) is 0 Å². The predicted molar refractivity (Wildman–Crippen MR) is 58.8 cm³/mol. The molecule has 1 heterocycles. The summed E-state index contributed by atoms with van der Waals surface area (Å²) in [6, 6.07) is 3.65. The van der Waals surface area contributed by atoms with Gasteiger partial charge in [0.15, 0.2) is 0 Å². The summed E-state index contributed by atoms with van der Waals surface area (Å²) in [5.41, 5.74) is 1.55. The second-order valence-electron chi connectivity index (χ2n) is 3.49. The van der Waals surface area contributed by atoms with E-state index in [1.54, 1.807) is 12.3 Å². The molecule has 0 atom stereocenters. The molecule has 0 radical (unpaired) electrons. The molecular weight excluding hydrogens is 190 g/mol. The molecule has 0 saturated carbocycles. The molecule has 0 aliphatic carbocycles. The van der Waals surface area contributed by atoms with Crippen LogP contribution in [0.3, 0.4) is 0 Å². The zero-order chi connectivity index (χ0) is 11.1. The van der Waals surface area contributed by atoms with E-state index in [1.807, 2.05) is 6.07 Å². The molecule has 82 valence electrons. The van der Waals surface area contributed by atoms with E-state index >= 15 is 0 Å². The summed E-state index contributed by atoms with van der Waals surface area (Å²) in [7, 11) is 1.37. The van der Waals surface area contributed by atoms with Crippen LogP contribution in [0.15, 0.2) is 18.3 Å². The maximum absolute atomic E-state index is 11.1. The van der Waals surface area contributed by atoms with E-state index < -0.39 is 0 Å². The first-order valence-electron chi connectivity index (χ1n) is 5.31. The summed E-state index contributed by atoms with van der Waals surface area (Å²) in [5.74, 6) is -0.331. The van der Waals surface area contributed by atoms with Crippen molar-refractivity contribution in [1.82, 2.24) is 4.98 Å². The van der Waals surface area contributed by atoms with Gasteiger partial charge in [-0.3, -0.25) is 4.98 Å². The van der Waals surface area contributed by atoms with Gasteiger partial charge in [0.1, 0.15) is 0 Å². The van der Waals surface area contributed by atoms with Gasteiger partial charge in [0.25, 0.3) is 0 Å². The van der Waals surface area contributed by atoms with Crippen LogP contribution in [0.25, 0.3) is 0 Å². The number of aryl methyl sites for hydroxylation is 1. The van der Waals surface area contributed by atoms with Crippen LogP contribution in [0, 0.1) is 0 Å². The van der Waals surface area contributed by atoms with Crippen LogP contribution in [0.1, 0.15) is 42.2 Å². The molecular formula is C12H17NO2. The lowest BCUT2D eigenvalue weighted by Crippen LogP contribution is -2.02. The van der Waals surface area contributed by atoms with Gasteiger partial charge in [-0.1, -0.05) is 19.8 Å². The minimum atomic E-state index is -0.331. The number of unbranched alkanes of at least 4 members (excludes halogenated alkanes) is 2. The molecule has 1 aromatic heterocycles. The van der Waals surface area contributed by atoms with Crippen LogP contribution in [0.5, 0.6) is 0 Å². The number of esters is 1. The van der Waals surface area contributed by atoms with E-state index in [2.05, 4.69) is 16.6 Å². The van der Waals surface area contributed by atoms with E-state index in [4.69, 9.17) is 0 Å². The number of methoxy groups -OCH3 is 1. The Bertz CT molecular complexity index is 306. The first-order chi connectivity index (χ1) is 7.27. The van der Waals surface area contributed by atoms with E-state index in [1.165, 1.54) is 20.0 Å². The second kappa shape index (κ2) is 6.17. The Morgan fingerprint density at radius 2 is 2.20 bits per heavy atom. The number of pyridine rings is 1. The van der Waals surface area contributed by atoms with Gasteiger partial charge in [-0.2, -0.15) is 0 Å². The monoisotopic (exact) mass is 207 g/mol. The fraction of sp³-hybridized carbons (Fsp3) is 0.500. The number of carbonyl (C=O) groups is 1. The molecule has 0 N–H and O–H groups in total. The largest absolute Gasteiger partial charge is 0.465 e. The highest BCUT2D eigenvalue weighted by atomic mass is 16.5. The van der Waals surface area contributed by atoms with E-state index in [0.29, 0.717) is 5.56 Å². The summed E-state index contributed by atoms with van der Waals surface area (Å²) in [4.78, 5) is 15.3. The van der Waals surface area contributed by atoms with Gasteiger partial charge >= 0.3 is 5.97 Å². The summed E-state index contributed by atoms with van der Waals surface area (Å²) >= 11 is 0. The number of carbonyl (C=O) groups excluding carboxylic acids is 1. The standard InChI is InChI=1S/C12H17NO2/c1-3-4-5-6-11-8-7-10(9-13-11)12(14)15-2/h7-9H,3-6H2,1-2H3. The van der Waals surface area contributed by atoms with Crippen LogP contribution in [0.2, 0.25) is 0 Å². The lowest BCUT2D eigenvalue weighted by atomic mass is 10.1. The van der Waals surface area contributed by atoms with Crippen molar-refractivity contribution < 1.29 is 9.53 Å². The molecule has 0 unspecified atom stereocenters. The van der Waals surface area contributed by atoms with Crippen molar-refractivity contribution in [3.63, 3.8) is 0 Å². The van der Waals surface area contributed by atoms with Crippen molar-refractivity contribution in [3.8, 4) is 0 Å². The highest BCUT2D eigenvalue weighted by Gasteiger charge is 2.04. The third kappa shape index (κ3) is 3.70. The summed E-state index contributed by atoms with van der Waals surface area (Å²) in [6.45, 7) is 2.17. The quantitative estimate of drug-likeness (QED) is 0.550. The van der Waals surface area contributed by atoms with Gasteiger partial charge in [0.05, 0.1) is 12.7 Å². The summed E-state index contributed by atoms with van der Waals surface area (Å²) < 4.78 is 4.60. The first kappa shape index (κ1) is 11.7. The normalized spacial score (nSPS) is 10.0. The van der Waals surface area contributed by atoms with Crippen LogP contribution in [-0.2, 0) is 11.2 Å². The van der Waals surface area contributed by atoms with Gasteiger partial charge in [-0.25, -0.2) is 4.79 Å². The fourth-order valence-electron chi connectivity index (χ4n) is 1.37. The maximum Gasteiger partial charge on any atom is 0.339 e. The average Bonchev–Trinajstić information content (AvgIpc) is 2.29. The maximum atomic E-state index is 11.1. The lowest BCUT2D eigenvalue weighted by Gasteiger charge is -2.01. The van der Waals surface area contributed by atoms with Gasteiger partial charge in [-0.05, 0) is 25.0 Å². The summed E-state index contributed by atoms with van der Waals surface area (Å²) in [5, 5.41) is 0. The SMILES string of the molecule is CCCCCc1ccc(C(=O)OC)cn1. The van der Waals surface area contributed by atoms with Gasteiger partial charge < -0.3 is 4.74 Å². The Balaban J connectivity index is 2.52. The van der Waals surface area contributed by atoms with Crippen LogP contribution >= 0.6 is 0 Å². The van der Waals surface area contributed by atoms with Crippen molar-refractivity contribution in [3.05, 3.63) is 29.6 Å². The van der Waals surface area contributed by atoms with Crippen LogP contribution < -0.4 is 0 Å². The second-order valence-corrected chi connectivity index (χ2v) is 3.49. The number of hydrogen-bond acceptors (Lipinski definition) is 3. The highest BCUT2D eigenvalue weighted by Crippen LogP contribution is 2.06. The third-order valence-electron chi connectivity index (χ3n) is 2.28. The topological polar surface area (TPSA) is 39.2 Å². The molecule has 0 aliphatic heterocycles. The lowest BCUT2D eigenvalue weighted by molar-refractivity contribution is 0.0600. The zero-order valence-corrected chi connectivity index (χ0v) is 9.32.